The van der Waals surface area contributed by atoms with Crippen LogP contribution in [-0.2, 0) is 14.3 Å². The van der Waals surface area contributed by atoms with Crippen LogP contribution in [0.25, 0.3) is 0 Å². The number of hydrogen-bond donors (Lipinski definition) is 0. The SMILES string of the molecule is CC/C=C1\C(=O)CCC1C(=O)OCC. The summed E-state index contributed by atoms with van der Waals surface area (Å²) in [5.41, 5.74) is 0.658. The first-order valence-corrected chi connectivity index (χ1v) is 5.10. The highest BCUT2D eigenvalue weighted by molar-refractivity contribution is 6.03. The van der Waals surface area contributed by atoms with Crippen molar-refractivity contribution >= 4 is 11.8 Å². The van der Waals surface area contributed by atoms with Crippen molar-refractivity contribution in [3.8, 4) is 0 Å². The Morgan fingerprint density at radius 2 is 2.29 bits per heavy atom. The lowest BCUT2D eigenvalue weighted by Gasteiger charge is -2.09. The third kappa shape index (κ3) is 2.22. The molecule has 0 aromatic heterocycles. The first-order valence-electron chi connectivity index (χ1n) is 5.10. The van der Waals surface area contributed by atoms with E-state index in [0.29, 0.717) is 25.0 Å². The zero-order valence-electron chi connectivity index (χ0n) is 8.71. The number of rotatable bonds is 3. The molecule has 1 aliphatic rings. The van der Waals surface area contributed by atoms with Gasteiger partial charge in [0.15, 0.2) is 5.78 Å². The quantitative estimate of drug-likeness (QED) is 0.511. The second-order valence-electron chi connectivity index (χ2n) is 3.33. The summed E-state index contributed by atoms with van der Waals surface area (Å²) < 4.78 is 4.92. The van der Waals surface area contributed by atoms with Crippen molar-refractivity contribution in [1.82, 2.24) is 0 Å². The molecule has 0 N–H and O–H groups in total. The fourth-order valence-electron chi connectivity index (χ4n) is 1.73. The summed E-state index contributed by atoms with van der Waals surface area (Å²) in [6.07, 6.45) is 3.73. The number of ketones is 1. The number of hydrogen-bond acceptors (Lipinski definition) is 3. The molecule has 0 saturated heterocycles. The van der Waals surface area contributed by atoms with Gasteiger partial charge in [0.25, 0.3) is 0 Å². The fourth-order valence-corrected chi connectivity index (χ4v) is 1.73. The lowest BCUT2D eigenvalue weighted by Crippen LogP contribution is -2.17. The highest BCUT2D eigenvalue weighted by Gasteiger charge is 2.34. The van der Waals surface area contributed by atoms with Gasteiger partial charge in [0.05, 0.1) is 12.5 Å². The largest absolute Gasteiger partial charge is 0.466 e. The van der Waals surface area contributed by atoms with Gasteiger partial charge in [-0.05, 0) is 19.8 Å². The molecule has 1 aliphatic carbocycles. The molecule has 0 aliphatic heterocycles. The Bertz CT molecular complexity index is 266. The molecule has 1 atom stereocenters. The van der Waals surface area contributed by atoms with E-state index in [4.69, 9.17) is 4.74 Å². The molecule has 0 aromatic rings. The van der Waals surface area contributed by atoms with Crippen LogP contribution < -0.4 is 0 Å². The van der Waals surface area contributed by atoms with Crippen LogP contribution in [0.5, 0.6) is 0 Å². The summed E-state index contributed by atoms with van der Waals surface area (Å²) in [4.78, 5) is 22.9. The molecule has 0 radical (unpaired) electrons. The Morgan fingerprint density at radius 3 is 2.86 bits per heavy atom. The van der Waals surface area contributed by atoms with E-state index in [1.54, 1.807) is 6.92 Å². The average Bonchev–Trinajstić information content (AvgIpc) is 2.50. The minimum absolute atomic E-state index is 0.102. The second kappa shape index (κ2) is 4.94. The van der Waals surface area contributed by atoms with E-state index >= 15 is 0 Å². The van der Waals surface area contributed by atoms with Gasteiger partial charge in [0, 0.05) is 12.0 Å². The molecule has 1 rings (SSSR count). The molecule has 0 bridgehead atoms. The van der Waals surface area contributed by atoms with E-state index in [1.165, 1.54) is 0 Å². The summed E-state index contributed by atoms with van der Waals surface area (Å²) in [5.74, 6) is -0.453. The number of allylic oxidation sites excluding steroid dienone is 1. The number of ether oxygens (including phenoxy) is 1. The minimum Gasteiger partial charge on any atom is -0.466 e. The smallest absolute Gasteiger partial charge is 0.313 e. The lowest BCUT2D eigenvalue weighted by molar-refractivity contribution is -0.146. The molecule has 0 aromatic carbocycles. The maximum Gasteiger partial charge on any atom is 0.313 e. The maximum atomic E-state index is 11.5. The van der Waals surface area contributed by atoms with Gasteiger partial charge in [0.1, 0.15) is 0 Å². The highest BCUT2D eigenvalue weighted by Crippen LogP contribution is 2.29. The summed E-state index contributed by atoms with van der Waals surface area (Å²) in [5, 5.41) is 0. The molecule has 78 valence electrons. The molecule has 1 unspecified atom stereocenters. The van der Waals surface area contributed by atoms with Gasteiger partial charge in [-0.15, -0.1) is 0 Å². The molecule has 3 heteroatoms. The number of Topliss-reactive ketones (excluding diaryl/α,β-unsaturated/α-hetero) is 1. The van der Waals surface area contributed by atoms with Gasteiger partial charge < -0.3 is 4.74 Å². The Labute approximate surface area is 84.1 Å². The summed E-state index contributed by atoms with van der Waals surface area (Å²) in [7, 11) is 0. The maximum absolute atomic E-state index is 11.5. The predicted molar refractivity (Wildman–Crippen MR) is 52.7 cm³/mol. The zero-order valence-corrected chi connectivity index (χ0v) is 8.71. The summed E-state index contributed by atoms with van der Waals surface area (Å²) in [6.45, 7) is 4.11. The van der Waals surface area contributed by atoms with Crippen LogP contribution in [0.15, 0.2) is 11.6 Å². The van der Waals surface area contributed by atoms with E-state index in [0.717, 1.165) is 6.42 Å². The van der Waals surface area contributed by atoms with Crippen molar-refractivity contribution < 1.29 is 14.3 Å². The summed E-state index contributed by atoms with van der Waals surface area (Å²) >= 11 is 0. The van der Waals surface area contributed by atoms with Crippen LogP contribution >= 0.6 is 0 Å². The van der Waals surface area contributed by atoms with Gasteiger partial charge in [-0.2, -0.15) is 0 Å². The Hall–Kier alpha value is -1.12. The first kappa shape index (κ1) is 11.0. The van der Waals surface area contributed by atoms with E-state index < -0.39 is 0 Å². The second-order valence-corrected chi connectivity index (χ2v) is 3.33. The van der Waals surface area contributed by atoms with Gasteiger partial charge in [-0.25, -0.2) is 0 Å². The van der Waals surface area contributed by atoms with Gasteiger partial charge in [0.2, 0.25) is 0 Å². The Balaban J connectivity index is 2.74. The molecule has 0 spiro atoms. The number of esters is 1. The van der Waals surface area contributed by atoms with Crippen molar-refractivity contribution in [2.24, 2.45) is 5.92 Å². The van der Waals surface area contributed by atoms with Crippen LogP contribution in [0.1, 0.15) is 33.1 Å². The molecule has 0 heterocycles. The average molecular weight is 196 g/mol. The molecule has 14 heavy (non-hydrogen) atoms. The van der Waals surface area contributed by atoms with E-state index in [1.807, 2.05) is 13.0 Å². The Morgan fingerprint density at radius 1 is 1.57 bits per heavy atom. The van der Waals surface area contributed by atoms with E-state index in [-0.39, 0.29) is 17.7 Å². The number of carbonyl (C=O) groups is 2. The van der Waals surface area contributed by atoms with Crippen LogP contribution in [0, 0.1) is 5.92 Å². The van der Waals surface area contributed by atoms with E-state index in [2.05, 4.69) is 0 Å². The number of carbonyl (C=O) groups excluding carboxylic acids is 2. The minimum atomic E-state index is -0.303. The van der Waals surface area contributed by atoms with Crippen LogP contribution in [0.3, 0.4) is 0 Å². The van der Waals surface area contributed by atoms with Crippen LogP contribution in [0.4, 0.5) is 0 Å². The molecule has 3 nitrogen and oxygen atoms in total. The van der Waals surface area contributed by atoms with Gasteiger partial charge in [-0.1, -0.05) is 13.0 Å². The predicted octanol–water partition coefficient (Wildman–Crippen LogP) is 1.86. The van der Waals surface area contributed by atoms with Gasteiger partial charge >= 0.3 is 5.97 Å². The van der Waals surface area contributed by atoms with Crippen LogP contribution in [-0.4, -0.2) is 18.4 Å². The third-order valence-electron chi connectivity index (χ3n) is 2.35. The third-order valence-corrected chi connectivity index (χ3v) is 2.35. The van der Waals surface area contributed by atoms with Crippen LogP contribution in [0.2, 0.25) is 0 Å². The van der Waals surface area contributed by atoms with Crippen molar-refractivity contribution in [3.63, 3.8) is 0 Å². The van der Waals surface area contributed by atoms with E-state index in [9.17, 15) is 9.59 Å². The van der Waals surface area contributed by atoms with Crippen molar-refractivity contribution in [1.29, 1.82) is 0 Å². The van der Waals surface area contributed by atoms with Crippen molar-refractivity contribution in [2.45, 2.75) is 33.1 Å². The molecule has 1 saturated carbocycles. The highest BCUT2D eigenvalue weighted by atomic mass is 16.5. The normalized spacial score (nSPS) is 24.3. The fraction of sp³-hybridized carbons (Fsp3) is 0.636. The standard InChI is InChI=1S/C11H16O3/c1-3-5-8-9(6-7-10(8)12)11(13)14-4-2/h5,9H,3-4,6-7H2,1-2H3/b8-5-. The Kier molecular flexibility index (Phi) is 3.86. The first-order chi connectivity index (χ1) is 6.70. The topological polar surface area (TPSA) is 43.4 Å². The molecular weight excluding hydrogens is 180 g/mol. The summed E-state index contributed by atoms with van der Waals surface area (Å²) in [6, 6.07) is 0. The van der Waals surface area contributed by atoms with Crippen molar-refractivity contribution in [2.75, 3.05) is 6.61 Å². The zero-order chi connectivity index (χ0) is 10.6. The molecule has 0 amide bonds. The monoisotopic (exact) mass is 196 g/mol. The molecule has 1 fully saturated rings. The molecular formula is C11H16O3. The van der Waals surface area contributed by atoms with Crippen molar-refractivity contribution in [3.05, 3.63) is 11.6 Å². The van der Waals surface area contributed by atoms with Gasteiger partial charge in [-0.3, -0.25) is 9.59 Å². The lowest BCUT2D eigenvalue weighted by atomic mass is 10.0.